The molecule has 0 N–H and O–H groups in total. The van der Waals surface area contributed by atoms with Gasteiger partial charge in [-0.3, -0.25) is 9.69 Å². The fraction of sp³-hybridized carbons (Fsp3) is 0.941. The summed E-state index contributed by atoms with van der Waals surface area (Å²) in [5.41, 5.74) is 0.209. The summed E-state index contributed by atoms with van der Waals surface area (Å²) >= 11 is 0. The Morgan fingerprint density at radius 1 is 1.24 bits per heavy atom. The quantitative estimate of drug-likeness (QED) is 0.742. The van der Waals surface area contributed by atoms with Gasteiger partial charge in [-0.2, -0.15) is 0 Å². The number of halogens is 1. The van der Waals surface area contributed by atoms with Crippen LogP contribution in [-0.4, -0.2) is 53.6 Å². The van der Waals surface area contributed by atoms with Crippen LogP contribution >= 0.6 is 0 Å². The van der Waals surface area contributed by atoms with Crippen molar-refractivity contribution in [1.82, 2.24) is 9.80 Å². The molecule has 4 heteroatoms. The molecule has 4 unspecified atom stereocenters. The molecule has 1 aliphatic carbocycles. The minimum Gasteiger partial charge on any atom is -0.342 e. The Morgan fingerprint density at radius 3 is 2.48 bits per heavy atom. The van der Waals surface area contributed by atoms with Crippen LogP contribution in [0, 0.1) is 16.7 Å². The predicted octanol–water partition coefficient (Wildman–Crippen LogP) is 2.46. The Morgan fingerprint density at radius 2 is 1.95 bits per heavy atom. The maximum absolute atomic E-state index is 14.0. The molecule has 0 aromatic heterocycles. The van der Waals surface area contributed by atoms with E-state index in [4.69, 9.17) is 0 Å². The van der Waals surface area contributed by atoms with Crippen LogP contribution in [0.15, 0.2) is 0 Å². The largest absolute Gasteiger partial charge is 0.342 e. The molecule has 0 radical (unpaired) electrons. The number of amides is 1. The van der Waals surface area contributed by atoms with E-state index < -0.39 is 6.17 Å². The summed E-state index contributed by atoms with van der Waals surface area (Å²) in [4.78, 5) is 16.9. The summed E-state index contributed by atoms with van der Waals surface area (Å²) < 4.78 is 14.0. The van der Waals surface area contributed by atoms with Crippen molar-refractivity contribution in [3.63, 3.8) is 0 Å². The average molecular weight is 294 g/mol. The molecule has 3 nitrogen and oxygen atoms in total. The topological polar surface area (TPSA) is 23.6 Å². The van der Waals surface area contributed by atoms with Gasteiger partial charge in [0.2, 0.25) is 5.91 Å². The van der Waals surface area contributed by atoms with Gasteiger partial charge in [-0.25, -0.2) is 4.39 Å². The van der Waals surface area contributed by atoms with Gasteiger partial charge in [0.25, 0.3) is 0 Å². The highest BCUT2D eigenvalue weighted by Crippen LogP contribution is 2.68. The molecule has 1 spiro atoms. The summed E-state index contributed by atoms with van der Waals surface area (Å²) in [6.07, 6.45) is 3.18. The van der Waals surface area contributed by atoms with Crippen LogP contribution in [0.4, 0.5) is 4.39 Å². The lowest BCUT2D eigenvalue weighted by Crippen LogP contribution is -2.49. The first-order valence-corrected chi connectivity index (χ1v) is 8.45. The molecule has 3 heterocycles. The Kier molecular flexibility index (Phi) is 2.67. The van der Waals surface area contributed by atoms with Crippen molar-refractivity contribution < 1.29 is 9.18 Å². The molecule has 4 aliphatic rings. The Labute approximate surface area is 126 Å². The molecule has 4 fully saturated rings. The van der Waals surface area contributed by atoms with Crippen LogP contribution in [0.3, 0.4) is 0 Å². The zero-order chi connectivity index (χ0) is 15.0. The monoisotopic (exact) mass is 294 g/mol. The zero-order valence-corrected chi connectivity index (χ0v) is 13.5. The third kappa shape index (κ3) is 1.77. The minimum atomic E-state index is -0.690. The molecule has 0 aromatic carbocycles. The standard InChI is InChI=1S/C17H27FN2O/c1-15(2,3)17-7-12(18)9-20(17)11-16(10-17)8-13(16)14(21)19-5-4-6-19/h12-13H,4-11H2,1-3H3. The number of hydrogen-bond donors (Lipinski definition) is 0. The van der Waals surface area contributed by atoms with E-state index in [9.17, 15) is 9.18 Å². The van der Waals surface area contributed by atoms with E-state index >= 15 is 0 Å². The highest BCUT2D eigenvalue weighted by Gasteiger charge is 2.71. The van der Waals surface area contributed by atoms with Crippen LogP contribution in [0.25, 0.3) is 0 Å². The molecule has 118 valence electrons. The zero-order valence-electron chi connectivity index (χ0n) is 13.5. The number of hydrogen-bond acceptors (Lipinski definition) is 2. The van der Waals surface area contributed by atoms with Gasteiger partial charge >= 0.3 is 0 Å². The number of rotatable bonds is 1. The Bertz CT molecular complexity index is 484. The Hall–Kier alpha value is -0.640. The maximum atomic E-state index is 14.0. The van der Waals surface area contributed by atoms with Crippen LogP contribution in [0.1, 0.15) is 46.5 Å². The Balaban J connectivity index is 1.56. The van der Waals surface area contributed by atoms with E-state index in [1.807, 2.05) is 4.90 Å². The van der Waals surface area contributed by atoms with E-state index in [2.05, 4.69) is 25.7 Å². The molecule has 4 rings (SSSR count). The van der Waals surface area contributed by atoms with Gasteiger partial charge in [0.1, 0.15) is 6.17 Å². The molecule has 3 saturated heterocycles. The van der Waals surface area contributed by atoms with Crippen LogP contribution in [-0.2, 0) is 4.79 Å². The van der Waals surface area contributed by atoms with Gasteiger partial charge in [0.15, 0.2) is 0 Å². The highest BCUT2D eigenvalue weighted by molar-refractivity contribution is 5.83. The minimum absolute atomic E-state index is 0.0314. The van der Waals surface area contributed by atoms with Gasteiger partial charge in [-0.1, -0.05) is 20.8 Å². The second-order valence-corrected chi connectivity index (χ2v) is 8.94. The lowest BCUT2D eigenvalue weighted by molar-refractivity contribution is -0.136. The molecule has 1 saturated carbocycles. The summed E-state index contributed by atoms with van der Waals surface area (Å²) in [5.74, 6) is 0.601. The summed E-state index contributed by atoms with van der Waals surface area (Å²) in [5, 5.41) is 0. The number of likely N-dealkylation sites (tertiary alicyclic amines) is 1. The number of alkyl halides is 1. The van der Waals surface area contributed by atoms with Crippen molar-refractivity contribution in [2.45, 2.75) is 58.2 Å². The third-order valence-electron chi connectivity index (χ3n) is 6.78. The summed E-state index contributed by atoms with van der Waals surface area (Å²) in [6, 6.07) is 0. The van der Waals surface area contributed by atoms with Gasteiger partial charge < -0.3 is 4.90 Å². The third-order valence-corrected chi connectivity index (χ3v) is 6.78. The molecule has 0 aromatic rings. The lowest BCUT2D eigenvalue weighted by Gasteiger charge is -2.44. The first kappa shape index (κ1) is 14.0. The van der Waals surface area contributed by atoms with Gasteiger partial charge in [0.05, 0.1) is 0 Å². The molecular weight excluding hydrogens is 267 g/mol. The first-order valence-electron chi connectivity index (χ1n) is 8.45. The van der Waals surface area contributed by atoms with Crippen molar-refractivity contribution in [3.8, 4) is 0 Å². The van der Waals surface area contributed by atoms with Gasteiger partial charge in [-0.15, -0.1) is 0 Å². The lowest BCUT2D eigenvalue weighted by atomic mass is 9.69. The first-order chi connectivity index (χ1) is 9.77. The number of carbonyl (C=O) groups excluding carboxylic acids is 1. The van der Waals surface area contributed by atoms with Crippen LogP contribution < -0.4 is 0 Å². The van der Waals surface area contributed by atoms with E-state index in [0.29, 0.717) is 18.9 Å². The second kappa shape index (κ2) is 4.01. The van der Waals surface area contributed by atoms with Crippen LogP contribution in [0.2, 0.25) is 0 Å². The number of carbonyl (C=O) groups is 1. The molecule has 3 aliphatic heterocycles. The molecule has 0 bridgehead atoms. The predicted molar refractivity (Wildman–Crippen MR) is 79.6 cm³/mol. The smallest absolute Gasteiger partial charge is 0.226 e. The van der Waals surface area contributed by atoms with E-state index in [0.717, 1.165) is 38.9 Å². The van der Waals surface area contributed by atoms with Crippen molar-refractivity contribution in [2.75, 3.05) is 26.2 Å². The fourth-order valence-corrected chi connectivity index (χ4v) is 5.26. The normalized spacial score (nSPS) is 45.8. The fourth-order valence-electron chi connectivity index (χ4n) is 5.26. The van der Waals surface area contributed by atoms with Crippen molar-refractivity contribution >= 4 is 5.91 Å². The summed E-state index contributed by atoms with van der Waals surface area (Å²) in [7, 11) is 0. The highest BCUT2D eigenvalue weighted by atomic mass is 19.1. The van der Waals surface area contributed by atoms with E-state index in [-0.39, 0.29) is 22.3 Å². The van der Waals surface area contributed by atoms with Crippen molar-refractivity contribution in [3.05, 3.63) is 0 Å². The number of fused-ring (bicyclic) bond motifs is 1. The van der Waals surface area contributed by atoms with Crippen molar-refractivity contribution in [1.29, 1.82) is 0 Å². The van der Waals surface area contributed by atoms with E-state index in [1.165, 1.54) is 0 Å². The molecule has 21 heavy (non-hydrogen) atoms. The SMILES string of the molecule is CC(C)(C)C12CC(F)CN1CC1(CC1C(=O)N1CCC1)C2. The van der Waals surface area contributed by atoms with E-state index in [1.54, 1.807) is 0 Å². The van der Waals surface area contributed by atoms with Crippen LogP contribution in [0.5, 0.6) is 0 Å². The molecule has 4 atom stereocenters. The summed E-state index contributed by atoms with van der Waals surface area (Å²) in [6.45, 7) is 10.1. The second-order valence-electron chi connectivity index (χ2n) is 8.94. The van der Waals surface area contributed by atoms with Gasteiger partial charge in [0, 0.05) is 37.6 Å². The maximum Gasteiger partial charge on any atom is 0.226 e. The number of nitrogens with zero attached hydrogens (tertiary/aromatic N) is 2. The van der Waals surface area contributed by atoms with Crippen molar-refractivity contribution in [2.24, 2.45) is 16.7 Å². The average Bonchev–Trinajstić information content (AvgIpc) is 2.73. The molecular formula is C17H27FN2O. The van der Waals surface area contributed by atoms with Gasteiger partial charge in [-0.05, 0) is 36.5 Å². The molecule has 1 amide bonds.